The van der Waals surface area contributed by atoms with E-state index in [1.165, 1.54) is 38.0 Å². The smallest absolute Gasteiger partial charge is 0.382 e. The molecule has 1 aliphatic heterocycles. The number of hydrogen-bond acceptors (Lipinski definition) is 3. The Balaban J connectivity index is 1.43. The van der Waals surface area contributed by atoms with E-state index in [1.807, 2.05) is 12.2 Å². The van der Waals surface area contributed by atoms with Crippen LogP contribution in [0.4, 0.5) is 23.2 Å². The largest absolute Gasteiger partial charge is 0.416 e. The molecule has 1 saturated carbocycles. The van der Waals surface area contributed by atoms with Crippen molar-refractivity contribution in [3.05, 3.63) is 88.4 Å². The van der Waals surface area contributed by atoms with Crippen LogP contribution in [0.15, 0.2) is 60.3 Å². The minimum absolute atomic E-state index is 0.0187. The maximum atomic E-state index is 15.0. The third-order valence-electron chi connectivity index (χ3n) is 9.32. The summed E-state index contributed by atoms with van der Waals surface area (Å²) in [6, 6.07) is 8.02. The van der Waals surface area contributed by atoms with Crippen LogP contribution in [0.2, 0.25) is 0 Å². The van der Waals surface area contributed by atoms with E-state index in [0.717, 1.165) is 18.2 Å². The molecule has 2 aromatic rings. The number of allylic oxidation sites excluding steroid dienone is 2. The summed E-state index contributed by atoms with van der Waals surface area (Å²) in [6.45, 7) is 5.65. The second-order valence-corrected chi connectivity index (χ2v) is 12.3. The number of likely N-dealkylation sites (tertiary alicyclic amines) is 1. The number of nitrogens with one attached hydrogen (secondary N) is 2. The second-order valence-electron chi connectivity index (χ2n) is 12.3. The maximum absolute atomic E-state index is 15.0. The van der Waals surface area contributed by atoms with Crippen molar-refractivity contribution in [3.8, 4) is 0 Å². The first-order valence-electron chi connectivity index (χ1n) is 15.1. The Hall–Kier alpha value is -3.62. The third-order valence-corrected chi connectivity index (χ3v) is 9.32. The van der Waals surface area contributed by atoms with Crippen LogP contribution in [0.5, 0.6) is 0 Å². The van der Waals surface area contributed by atoms with Gasteiger partial charge in [-0.05, 0) is 87.3 Å². The Morgan fingerprint density at radius 2 is 1.79 bits per heavy atom. The first kappa shape index (κ1) is 30.8. The summed E-state index contributed by atoms with van der Waals surface area (Å²) in [7, 11) is 0. The molecule has 0 aromatic heterocycles. The number of halogens is 4. The quantitative estimate of drug-likeness (QED) is 0.338. The van der Waals surface area contributed by atoms with Gasteiger partial charge in [-0.15, -0.1) is 0 Å². The van der Waals surface area contributed by atoms with E-state index in [0.29, 0.717) is 43.3 Å². The highest BCUT2D eigenvalue weighted by atomic mass is 19.4. The summed E-state index contributed by atoms with van der Waals surface area (Å²) in [4.78, 5) is 29.3. The van der Waals surface area contributed by atoms with E-state index >= 15 is 0 Å². The summed E-state index contributed by atoms with van der Waals surface area (Å²) in [6.07, 6.45) is 6.56. The molecule has 1 saturated heterocycles. The van der Waals surface area contributed by atoms with Gasteiger partial charge in [-0.3, -0.25) is 9.59 Å². The number of benzene rings is 2. The number of amides is 2. The van der Waals surface area contributed by atoms with E-state index in [-0.39, 0.29) is 22.7 Å². The summed E-state index contributed by atoms with van der Waals surface area (Å²) in [5, 5.41) is 6.33. The van der Waals surface area contributed by atoms with E-state index in [2.05, 4.69) is 23.6 Å². The second kappa shape index (κ2) is 12.5. The van der Waals surface area contributed by atoms with Crippen LogP contribution in [0.3, 0.4) is 0 Å². The minimum Gasteiger partial charge on any atom is -0.382 e. The maximum Gasteiger partial charge on any atom is 0.416 e. The molecule has 43 heavy (non-hydrogen) atoms. The van der Waals surface area contributed by atoms with Gasteiger partial charge in [-0.2, -0.15) is 13.2 Å². The van der Waals surface area contributed by atoms with Gasteiger partial charge in [0, 0.05) is 29.9 Å². The lowest BCUT2D eigenvalue weighted by Gasteiger charge is -2.44. The van der Waals surface area contributed by atoms with Crippen LogP contribution >= 0.6 is 0 Å². The lowest BCUT2D eigenvalue weighted by atomic mass is 9.77. The molecular weight excluding hydrogens is 558 g/mol. The van der Waals surface area contributed by atoms with Gasteiger partial charge in [-0.1, -0.05) is 43.7 Å². The number of hydrogen-bond donors (Lipinski definition) is 2. The molecule has 230 valence electrons. The van der Waals surface area contributed by atoms with Crippen molar-refractivity contribution in [2.45, 2.75) is 77.6 Å². The Labute approximate surface area is 250 Å². The molecule has 2 aromatic carbocycles. The summed E-state index contributed by atoms with van der Waals surface area (Å²) in [5.74, 6) is -1.91. The van der Waals surface area contributed by atoms with Crippen molar-refractivity contribution in [2.24, 2.45) is 17.8 Å². The van der Waals surface area contributed by atoms with Gasteiger partial charge in [0.15, 0.2) is 0 Å². The standard InChI is InChI=1S/C34H39F4N3O2/c1-20-12-15-25(19-27(20)34(36,37)38)40-32(42)26-9-6-18-41(33(43)30-22(3)8-4-10-28(30)35)31(26)23-13-16-24(17-14-23)39-29-11-5-7-21(29)2/h4,8,10,12-13,15-17,19,21,23,26,29,31,39H,5-7,9,11,14,18H2,1-3H3,(H,40,42)/t21?,23-,26?,29?,31?/m1/s1. The van der Waals surface area contributed by atoms with Gasteiger partial charge in [0.05, 0.1) is 23.1 Å². The molecule has 1 heterocycles. The van der Waals surface area contributed by atoms with Gasteiger partial charge in [0.2, 0.25) is 5.91 Å². The lowest BCUT2D eigenvalue weighted by molar-refractivity contribution is -0.138. The van der Waals surface area contributed by atoms with Gasteiger partial charge in [-0.25, -0.2) is 4.39 Å². The van der Waals surface area contributed by atoms with Crippen molar-refractivity contribution in [3.63, 3.8) is 0 Å². The normalized spacial score (nSPS) is 25.8. The number of rotatable bonds is 6. The summed E-state index contributed by atoms with van der Waals surface area (Å²) < 4.78 is 55.7. The van der Waals surface area contributed by atoms with Crippen LogP contribution in [-0.4, -0.2) is 35.3 Å². The van der Waals surface area contributed by atoms with Crippen molar-refractivity contribution in [1.29, 1.82) is 0 Å². The van der Waals surface area contributed by atoms with Crippen LogP contribution in [0.1, 0.15) is 72.5 Å². The molecule has 3 aliphatic rings. The number of aryl methyl sites for hydroxylation is 2. The number of nitrogens with zero attached hydrogens (tertiary/aromatic N) is 1. The van der Waals surface area contributed by atoms with Gasteiger partial charge >= 0.3 is 6.18 Å². The monoisotopic (exact) mass is 597 g/mol. The summed E-state index contributed by atoms with van der Waals surface area (Å²) in [5.41, 5.74) is 0.795. The third kappa shape index (κ3) is 6.65. The molecule has 4 unspecified atom stereocenters. The Bertz CT molecular complexity index is 1410. The van der Waals surface area contributed by atoms with Crippen molar-refractivity contribution >= 4 is 17.5 Å². The molecule has 0 radical (unpaired) electrons. The molecule has 0 bridgehead atoms. The van der Waals surface area contributed by atoms with E-state index < -0.39 is 41.3 Å². The number of carbonyl (C=O) groups is 2. The zero-order valence-electron chi connectivity index (χ0n) is 24.8. The fourth-order valence-corrected chi connectivity index (χ4v) is 6.93. The van der Waals surface area contributed by atoms with Crippen LogP contribution in [-0.2, 0) is 11.0 Å². The minimum atomic E-state index is -4.56. The number of piperidine rings is 1. The zero-order chi connectivity index (χ0) is 30.9. The molecule has 2 N–H and O–H groups in total. The topological polar surface area (TPSA) is 61.4 Å². The first-order valence-corrected chi connectivity index (χ1v) is 15.1. The number of alkyl halides is 3. The average molecular weight is 598 g/mol. The zero-order valence-corrected chi connectivity index (χ0v) is 24.8. The van der Waals surface area contributed by atoms with Gasteiger partial charge in [0.25, 0.3) is 5.91 Å². The molecule has 9 heteroatoms. The lowest BCUT2D eigenvalue weighted by Crippen LogP contribution is -2.55. The molecule has 5 atom stereocenters. The fraction of sp³-hybridized carbons (Fsp3) is 0.471. The highest BCUT2D eigenvalue weighted by Gasteiger charge is 2.43. The molecule has 2 aliphatic carbocycles. The van der Waals surface area contributed by atoms with E-state index in [1.54, 1.807) is 24.0 Å². The average Bonchev–Trinajstić information content (AvgIpc) is 3.37. The highest BCUT2D eigenvalue weighted by Crippen LogP contribution is 2.38. The molecule has 5 rings (SSSR count). The number of anilines is 1. The molecule has 0 spiro atoms. The SMILES string of the molecule is Cc1ccc(NC(=O)C2CCCN(C(=O)c3c(C)cccc3F)C2[C@@H]2C=CC(NC3CCCC3C)=CC2)cc1C(F)(F)F. The predicted molar refractivity (Wildman–Crippen MR) is 159 cm³/mol. The van der Waals surface area contributed by atoms with Crippen LogP contribution in [0, 0.1) is 37.4 Å². The number of carbonyl (C=O) groups excluding carboxylic acids is 2. The first-order chi connectivity index (χ1) is 20.4. The van der Waals surface area contributed by atoms with Gasteiger partial charge in [0.1, 0.15) is 5.82 Å². The van der Waals surface area contributed by atoms with E-state index in [9.17, 15) is 27.2 Å². The fourth-order valence-electron chi connectivity index (χ4n) is 6.93. The Kier molecular flexibility index (Phi) is 8.99. The van der Waals surface area contributed by atoms with Crippen molar-refractivity contribution in [2.75, 3.05) is 11.9 Å². The molecular formula is C34H39F4N3O2. The van der Waals surface area contributed by atoms with Gasteiger partial charge < -0.3 is 15.5 Å². The van der Waals surface area contributed by atoms with Crippen LogP contribution < -0.4 is 10.6 Å². The summed E-state index contributed by atoms with van der Waals surface area (Å²) >= 11 is 0. The van der Waals surface area contributed by atoms with E-state index in [4.69, 9.17) is 0 Å². The van der Waals surface area contributed by atoms with Crippen molar-refractivity contribution < 1.29 is 27.2 Å². The Morgan fingerprint density at radius 1 is 1.00 bits per heavy atom. The highest BCUT2D eigenvalue weighted by molar-refractivity contribution is 5.98. The predicted octanol–water partition coefficient (Wildman–Crippen LogP) is 7.56. The molecule has 5 nitrogen and oxygen atoms in total. The Morgan fingerprint density at radius 3 is 2.44 bits per heavy atom. The molecule has 2 fully saturated rings. The molecule has 2 amide bonds. The van der Waals surface area contributed by atoms with Crippen molar-refractivity contribution in [1.82, 2.24) is 10.2 Å². The van der Waals surface area contributed by atoms with Crippen LogP contribution in [0.25, 0.3) is 0 Å².